The van der Waals surface area contributed by atoms with E-state index in [9.17, 15) is 9.59 Å². The van der Waals surface area contributed by atoms with Crippen molar-refractivity contribution in [2.24, 2.45) is 0 Å². The Kier molecular flexibility index (Phi) is 6.47. The lowest BCUT2D eigenvalue weighted by molar-refractivity contribution is -0.292. The van der Waals surface area contributed by atoms with Crippen LogP contribution in [0.2, 0.25) is 0 Å². The van der Waals surface area contributed by atoms with Gasteiger partial charge in [-0.3, -0.25) is 9.78 Å². The van der Waals surface area contributed by atoms with Gasteiger partial charge in [0.25, 0.3) is 0 Å². The Morgan fingerprint density at radius 1 is 0.750 bits per heavy atom. The van der Waals surface area contributed by atoms with Gasteiger partial charge in [0.05, 0.1) is 0 Å². The second-order valence-electron chi connectivity index (χ2n) is 8.76. The predicted octanol–water partition coefficient (Wildman–Crippen LogP) is 4.52. The van der Waals surface area contributed by atoms with Gasteiger partial charge in [-0.2, -0.15) is 9.78 Å². The van der Waals surface area contributed by atoms with Gasteiger partial charge in [-0.15, -0.1) is 0 Å². The van der Waals surface area contributed by atoms with Gasteiger partial charge in [-0.05, 0) is 65.8 Å². The van der Waals surface area contributed by atoms with Crippen LogP contribution in [0.15, 0.2) is 36.4 Å². The van der Waals surface area contributed by atoms with E-state index in [1.54, 1.807) is 41.5 Å². The van der Waals surface area contributed by atoms with E-state index in [0.29, 0.717) is 5.75 Å². The van der Waals surface area contributed by atoms with Crippen LogP contribution in [0.3, 0.4) is 0 Å². The molecule has 10 nitrogen and oxygen atoms in total. The summed E-state index contributed by atoms with van der Waals surface area (Å²) in [4.78, 5) is 65.4. The lowest BCUT2D eigenvalue weighted by Crippen LogP contribution is -2.24. The molecule has 0 aliphatic carbocycles. The molecule has 0 amide bonds. The molecular formula is C22H24O10. The van der Waals surface area contributed by atoms with Gasteiger partial charge < -0.3 is 9.78 Å². The summed E-state index contributed by atoms with van der Waals surface area (Å²) in [5.41, 5.74) is -1.46. The summed E-state index contributed by atoms with van der Waals surface area (Å²) in [5.74, 6) is -1.48. The first kappa shape index (κ1) is 23.2. The molecule has 0 saturated heterocycles. The molecule has 1 aliphatic heterocycles. The number of hydrogen-bond acceptors (Lipinski definition) is 10. The minimum absolute atomic E-state index is 0.0160. The van der Waals surface area contributed by atoms with Crippen LogP contribution in [0.4, 0.5) is 0 Å². The highest BCUT2D eigenvalue weighted by Crippen LogP contribution is 2.35. The highest BCUT2D eigenvalue weighted by molar-refractivity contribution is 5.96. The molecule has 1 heterocycles. The molecule has 0 saturated carbocycles. The number of benzene rings is 2. The molecule has 3 rings (SSSR count). The molecule has 0 unspecified atom stereocenters. The minimum atomic E-state index is -1.03. The molecule has 2 bridgehead atoms. The zero-order valence-electron chi connectivity index (χ0n) is 18.5. The second kappa shape index (κ2) is 8.93. The lowest BCUT2D eigenvalue weighted by Gasteiger charge is -2.22. The van der Waals surface area contributed by atoms with Crippen molar-refractivity contribution in [1.82, 2.24) is 0 Å². The normalized spacial score (nSPS) is 12.4. The molecule has 0 aromatic heterocycles. The fraction of sp³-hybridized carbons (Fsp3) is 0.364. The second-order valence-corrected chi connectivity index (χ2v) is 8.76. The van der Waals surface area contributed by atoms with Gasteiger partial charge in [0.1, 0.15) is 22.3 Å². The summed E-state index contributed by atoms with van der Waals surface area (Å²) in [6.45, 7) is 10.6. The summed E-state index contributed by atoms with van der Waals surface area (Å²) in [7, 11) is 0. The van der Waals surface area contributed by atoms with Crippen LogP contribution in [-0.2, 0) is 19.6 Å². The average molecular weight is 448 g/mol. The first-order valence-corrected chi connectivity index (χ1v) is 9.69. The van der Waals surface area contributed by atoms with Crippen LogP contribution in [0.5, 0.6) is 23.0 Å². The maximum Gasteiger partial charge on any atom is 0.390 e. The van der Waals surface area contributed by atoms with Crippen molar-refractivity contribution in [3.05, 3.63) is 47.5 Å². The van der Waals surface area contributed by atoms with E-state index >= 15 is 0 Å². The largest absolute Gasteiger partial charge is 0.390 e. The highest BCUT2D eigenvalue weighted by Gasteiger charge is 2.28. The fourth-order valence-corrected chi connectivity index (χ4v) is 2.22. The average Bonchev–Trinajstić information content (AvgIpc) is 3.08. The molecule has 0 atom stereocenters. The monoisotopic (exact) mass is 448 g/mol. The van der Waals surface area contributed by atoms with Gasteiger partial charge in [0, 0.05) is 6.07 Å². The third kappa shape index (κ3) is 6.02. The summed E-state index contributed by atoms with van der Waals surface area (Å²) in [6.07, 6.45) is 0. The Morgan fingerprint density at radius 3 is 2.03 bits per heavy atom. The minimum Gasteiger partial charge on any atom is -0.333 e. The van der Waals surface area contributed by atoms with Crippen molar-refractivity contribution in [2.75, 3.05) is 0 Å². The van der Waals surface area contributed by atoms with Gasteiger partial charge in [0.2, 0.25) is 11.5 Å². The van der Waals surface area contributed by atoms with Crippen LogP contribution in [0.1, 0.15) is 62.3 Å². The lowest BCUT2D eigenvalue weighted by atomic mass is 10.2. The molecule has 172 valence electrons. The van der Waals surface area contributed by atoms with Gasteiger partial charge in [0.15, 0.2) is 11.5 Å². The molecule has 1 aliphatic rings. The number of hydrogen-bond donors (Lipinski definition) is 0. The number of fused-ring (bicyclic) bond motifs is 2. The Labute approximate surface area is 184 Å². The maximum atomic E-state index is 12.7. The Bertz CT molecular complexity index is 1000. The molecule has 0 spiro atoms. The smallest absolute Gasteiger partial charge is 0.333 e. The Balaban J connectivity index is 1.76. The zero-order valence-corrected chi connectivity index (χ0v) is 18.5. The van der Waals surface area contributed by atoms with Gasteiger partial charge >= 0.3 is 11.9 Å². The van der Waals surface area contributed by atoms with E-state index in [-0.39, 0.29) is 28.4 Å². The van der Waals surface area contributed by atoms with Crippen LogP contribution < -0.4 is 19.6 Å². The first-order valence-electron chi connectivity index (χ1n) is 9.69. The van der Waals surface area contributed by atoms with Crippen molar-refractivity contribution >= 4 is 11.9 Å². The van der Waals surface area contributed by atoms with Crippen LogP contribution in [0, 0.1) is 0 Å². The van der Waals surface area contributed by atoms with Crippen LogP contribution in [-0.4, -0.2) is 23.1 Å². The SMILES string of the molecule is CC(C)(C)OOc1cccc(C(=O)OOC(=O)c2ccc3cc2OO3)c1OOC(C)(C)C. The third-order valence-corrected chi connectivity index (χ3v) is 3.55. The summed E-state index contributed by atoms with van der Waals surface area (Å²) in [6, 6.07) is 8.81. The standard InChI is InChI=1S/C22H24O10/c1-21(2,3)31-27-16-9-7-8-15(18(16)28-32-22(4,5)6)20(24)30-29-19(23)14-11-10-13-12-17(14)26-25-13/h7-12H,1-6H3. The van der Waals surface area contributed by atoms with E-state index in [4.69, 9.17) is 34.2 Å². The van der Waals surface area contributed by atoms with Gasteiger partial charge in [-0.1, -0.05) is 6.07 Å². The van der Waals surface area contributed by atoms with E-state index in [2.05, 4.69) is 4.89 Å². The van der Waals surface area contributed by atoms with Crippen molar-refractivity contribution in [1.29, 1.82) is 0 Å². The molecular weight excluding hydrogens is 424 g/mol. The number of carbonyl (C=O) groups excluding carboxylic acids is 2. The fourth-order valence-electron chi connectivity index (χ4n) is 2.22. The van der Waals surface area contributed by atoms with E-state index in [1.807, 2.05) is 0 Å². The summed E-state index contributed by atoms with van der Waals surface area (Å²) in [5, 5.41) is 0. The zero-order chi connectivity index (χ0) is 23.5. The van der Waals surface area contributed by atoms with Crippen molar-refractivity contribution in [3.8, 4) is 23.0 Å². The molecule has 2 aromatic rings. The molecule has 0 radical (unpaired) electrons. The van der Waals surface area contributed by atoms with Crippen molar-refractivity contribution in [3.63, 3.8) is 0 Å². The Morgan fingerprint density at radius 2 is 1.38 bits per heavy atom. The highest BCUT2D eigenvalue weighted by atomic mass is 17.2. The molecule has 2 aromatic carbocycles. The number of para-hydroxylation sites is 1. The first-order chi connectivity index (χ1) is 14.9. The van der Waals surface area contributed by atoms with Crippen molar-refractivity contribution < 1.29 is 48.7 Å². The van der Waals surface area contributed by atoms with E-state index in [1.165, 1.54) is 36.4 Å². The summed E-state index contributed by atoms with van der Waals surface area (Å²) >= 11 is 0. The quantitative estimate of drug-likeness (QED) is 0.462. The van der Waals surface area contributed by atoms with Crippen LogP contribution >= 0.6 is 0 Å². The van der Waals surface area contributed by atoms with E-state index in [0.717, 1.165) is 0 Å². The number of carbonyl (C=O) groups is 2. The predicted molar refractivity (Wildman–Crippen MR) is 108 cm³/mol. The van der Waals surface area contributed by atoms with E-state index < -0.39 is 23.1 Å². The third-order valence-electron chi connectivity index (χ3n) is 3.55. The molecule has 0 N–H and O–H groups in total. The van der Waals surface area contributed by atoms with Crippen LogP contribution in [0.25, 0.3) is 0 Å². The Hall–Kier alpha value is -3.50. The molecule has 10 heteroatoms. The molecule has 0 fully saturated rings. The maximum absolute atomic E-state index is 12.7. The summed E-state index contributed by atoms with van der Waals surface area (Å²) < 4.78 is 0. The van der Waals surface area contributed by atoms with Gasteiger partial charge in [-0.25, -0.2) is 19.4 Å². The molecule has 32 heavy (non-hydrogen) atoms. The topological polar surface area (TPSA) is 108 Å². The van der Waals surface area contributed by atoms with Crippen molar-refractivity contribution in [2.45, 2.75) is 52.7 Å². The number of rotatable bonds is 6.